The fourth-order valence-corrected chi connectivity index (χ4v) is 2.09. The topological polar surface area (TPSA) is 46.6 Å². The summed E-state index contributed by atoms with van der Waals surface area (Å²) in [6.45, 7) is -0.476. The Labute approximate surface area is 136 Å². The van der Waals surface area contributed by atoms with Gasteiger partial charge in [0.25, 0.3) is 5.91 Å². The van der Waals surface area contributed by atoms with Crippen molar-refractivity contribution in [3.05, 3.63) is 71.0 Å². The zero-order valence-corrected chi connectivity index (χ0v) is 12.8. The number of amides is 1. The van der Waals surface area contributed by atoms with Crippen molar-refractivity contribution in [2.24, 2.45) is 0 Å². The molecule has 0 saturated carbocycles. The van der Waals surface area contributed by atoms with Gasteiger partial charge in [-0.2, -0.15) is 0 Å². The lowest BCUT2D eigenvalue weighted by atomic mass is 10.1. The van der Waals surface area contributed by atoms with Crippen molar-refractivity contribution >= 4 is 11.9 Å². The van der Waals surface area contributed by atoms with E-state index in [2.05, 4.69) is 4.74 Å². The fourth-order valence-electron chi connectivity index (χ4n) is 2.09. The maximum Gasteiger partial charge on any atom is 0.325 e. The third-order valence-electron chi connectivity index (χ3n) is 3.32. The Morgan fingerprint density at radius 1 is 1.00 bits per heavy atom. The maximum absolute atomic E-state index is 13.9. The molecule has 0 aliphatic carbocycles. The summed E-state index contributed by atoms with van der Waals surface area (Å²) in [5.41, 5.74) is 0.0199. The van der Waals surface area contributed by atoms with Gasteiger partial charge >= 0.3 is 5.97 Å². The quantitative estimate of drug-likeness (QED) is 0.623. The zero-order valence-electron chi connectivity index (χ0n) is 12.8. The van der Waals surface area contributed by atoms with Gasteiger partial charge in [0, 0.05) is 6.54 Å². The molecule has 0 aromatic heterocycles. The van der Waals surface area contributed by atoms with Crippen LogP contribution in [0.3, 0.4) is 0 Å². The minimum atomic E-state index is -1.74. The number of rotatable bonds is 5. The number of hydrogen-bond donors (Lipinski definition) is 0. The Morgan fingerprint density at radius 2 is 1.67 bits per heavy atom. The van der Waals surface area contributed by atoms with Gasteiger partial charge in [-0.05, 0) is 17.7 Å². The second-order valence-corrected chi connectivity index (χ2v) is 4.95. The van der Waals surface area contributed by atoms with E-state index in [1.807, 2.05) is 0 Å². The van der Waals surface area contributed by atoms with Crippen molar-refractivity contribution in [3.8, 4) is 0 Å². The maximum atomic E-state index is 13.9. The van der Waals surface area contributed by atoms with Gasteiger partial charge in [0.2, 0.25) is 0 Å². The van der Waals surface area contributed by atoms with Crippen LogP contribution in [0.4, 0.5) is 13.2 Å². The summed E-state index contributed by atoms with van der Waals surface area (Å²) in [6, 6.07) is 10.1. The number of nitrogens with zero attached hydrogens (tertiary/aromatic N) is 1. The summed E-state index contributed by atoms with van der Waals surface area (Å²) in [5.74, 6) is -6.39. The minimum Gasteiger partial charge on any atom is -0.468 e. The molecule has 1 amide bonds. The molecule has 0 bridgehead atoms. The van der Waals surface area contributed by atoms with Crippen LogP contribution in [0.5, 0.6) is 0 Å². The number of esters is 1. The SMILES string of the molecule is COC(=O)CN(Cc1ccccc1)C(=O)c1ccc(F)c(F)c1F. The molecule has 0 atom stereocenters. The van der Waals surface area contributed by atoms with Crippen LogP contribution in [0.25, 0.3) is 0 Å². The van der Waals surface area contributed by atoms with E-state index in [0.29, 0.717) is 11.6 Å². The Balaban J connectivity index is 2.33. The number of carbonyl (C=O) groups excluding carboxylic acids is 2. The van der Waals surface area contributed by atoms with Crippen LogP contribution < -0.4 is 0 Å². The van der Waals surface area contributed by atoms with Crippen LogP contribution in [0.15, 0.2) is 42.5 Å². The van der Waals surface area contributed by atoms with Crippen molar-refractivity contribution in [1.82, 2.24) is 4.90 Å². The molecule has 2 aromatic carbocycles. The summed E-state index contributed by atoms with van der Waals surface area (Å²) >= 11 is 0. The first-order valence-electron chi connectivity index (χ1n) is 6.97. The third-order valence-corrected chi connectivity index (χ3v) is 3.32. The molecule has 4 nitrogen and oxygen atoms in total. The summed E-state index contributed by atoms with van der Waals surface area (Å²) < 4.78 is 44.7. The molecule has 0 N–H and O–H groups in total. The van der Waals surface area contributed by atoms with Crippen molar-refractivity contribution in [1.29, 1.82) is 0 Å². The number of benzene rings is 2. The molecular formula is C17H14F3NO3. The summed E-state index contributed by atoms with van der Waals surface area (Å²) in [6.07, 6.45) is 0. The van der Waals surface area contributed by atoms with Gasteiger partial charge in [-0.15, -0.1) is 0 Å². The van der Waals surface area contributed by atoms with Crippen LogP contribution >= 0.6 is 0 Å². The van der Waals surface area contributed by atoms with E-state index in [4.69, 9.17) is 0 Å². The van der Waals surface area contributed by atoms with Gasteiger partial charge in [-0.1, -0.05) is 30.3 Å². The Kier molecular flexibility index (Phi) is 5.57. The molecule has 2 aromatic rings. The van der Waals surface area contributed by atoms with Crippen molar-refractivity contribution in [3.63, 3.8) is 0 Å². The van der Waals surface area contributed by atoms with Crippen molar-refractivity contribution in [2.45, 2.75) is 6.54 Å². The van der Waals surface area contributed by atoms with Crippen LogP contribution in [0, 0.1) is 17.5 Å². The minimum absolute atomic E-state index is 0.0206. The number of methoxy groups -OCH3 is 1. The lowest BCUT2D eigenvalue weighted by Gasteiger charge is -2.22. The first-order valence-corrected chi connectivity index (χ1v) is 6.97. The van der Waals surface area contributed by atoms with Crippen LogP contribution in [0.1, 0.15) is 15.9 Å². The molecule has 24 heavy (non-hydrogen) atoms. The number of hydrogen-bond acceptors (Lipinski definition) is 3. The molecule has 0 unspecified atom stereocenters. The van der Waals surface area contributed by atoms with Crippen molar-refractivity contribution < 1.29 is 27.5 Å². The van der Waals surface area contributed by atoms with E-state index in [1.165, 1.54) is 0 Å². The molecule has 0 spiro atoms. The van der Waals surface area contributed by atoms with Crippen LogP contribution in [-0.4, -0.2) is 30.4 Å². The predicted molar refractivity (Wildman–Crippen MR) is 79.5 cm³/mol. The van der Waals surface area contributed by atoms with E-state index in [-0.39, 0.29) is 6.54 Å². The molecule has 0 aliphatic rings. The lowest BCUT2D eigenvalue weighted by molar-refractivity contribution is -0.141. The summed E-state index contributed by atoms with van der Waals surface area (Å²) in [4.78, 5) is 25.0. The molecule has 0 saturated heterocycles. The molecule has 126 valence electrons. The smallest absolute Gasteiger partial charge is 0.325 e. The van der Waals surface area contributed by atoms with Crippen LogP contribution in [0.2, 0.25) is 0 Å². The molecule has 0 heterocycles. The predicted octanol–water partition coefficient (Wildman–Crippen LogP) is 2.92. The molecule has 7 heteroatoms. The van der Waals surface area contributed by atoms with E-state index >= 15 is 0 Å². The highest BCUT2D eigenvalue weighted by atomic mass is 19.2. The van der Waals surface area contributed by atoms with Gasteiger partial charge in [0.05, 0.1) is 12.7 Å². The second kappa shape index (κ2) is 7.63. The largest absolute Gasteiger partial charge is 0.468 e. The first kappa shape index (κ1) is 17.5. The number of carbonyl (C=O) groups is 2. The Hall–Kier alpha value is -2.83. The first-order chi connectivity index (χ1) is 11.4. The van der Waals surface area contributed by atoms with Crippen molar-refractivity contribution in [2.75, 3.05) is 13.7 Å². The van der Waals surface area contributed by atoms with Gasteiger partial charge in [0.1, 0.15) is 6.54 Å². The van der Waals surface area contributed by atoms with Gasteiger partial charge in [0.15, 0.2) is 17.5 Å². The van der Waals surface area contributed by atoms with Crippen LogP contribution in [-0.2, 0) is 16.1 Å². The summed E-state index contributed by atoms with van der Waals surface area (Å²) in [5, 5.41) is 0. The average Bonchev–Trinajstić information content (AvgIpc) is 2.59. The fraction of sp³-hybridized carbons (Fsp3) is 0.176. The third kappa shape index (κ3) is 3.92. The highest BCUT2D eigenvalue weighted by molar-refractivity contribution is 5.96. The van der Waals surface area contributed by atoms with E-state index in [1.54, 1.807) is 30.3 Å². The lowest BCUT2D eigenvalue weighted by Crippen LogP contribution is -2.36. The number of ether oxygens (including phenoxy) is 1. The van der Waals surface area contributed by atoms with E-state index < -0.39 is 41.4 Å². The highest BCUT2D eigenvalue weighted by Crippen LogP contribution is 2.18. The highest BCUT2D eigenvalue weighted by Gasteiger charge is 2.25. The molecular weight excluding hydrogens is 323 g/mol. The van der Waals surface area contributed by atoms with Gasteiger partial charge in [-0.3, -0.25) is 9.59 Å². The van der Waals surface area contributed by atoms with Gasteiger partial charge in [-0.25, -0.2) is 13.2 Å². The Bertz CT molecular complexity index is 750. The number of halogens is 3. The molecule has 0 fully saturated rings. The van der Waals surface area contributed by atoms with E-state index in [0.717, 1.165) is 18.1 Å². The monoisotopic (exact) mass is 337 g/mol. The van der Waals surface area contributed by atoms with Gasteiger partial charge < -0.3 is 9.64 Å². The standard InChI is InChI=1S/C17H14F3NO3/c1-24-14(22)10-21(9-11-5-3-2-4-6-11)17(23)12-7-8-13(18)16(20)15(12)19/h2-8H,9-10H2,1H3. The molecule has 2 rings (SSSR count). The second-order valence-electron chi connectivity index (χ2n) is 4.95. The normalized spacial score (nSPS) is 10.3. The van der Waals surface area contributed by atoms with E-state index in [9.17, 15) is 22.8 Å². The zero-order chi connectivity index (χ0) is 17.7. The summed E-state index contributed by atoms with van der Waals surface area (Å²) in [7, 11) is 1.14. The Morgan fingerprint density at radius 3 is 2.29 bits per heavy atom. The molecule has 0 radical (unpaired) electrons. The molecule has 0 aliphatic heterocycles. The average molecular weight is 337 g/mol.